The minimum absolute atomic E-state index is 0.0829. The average Bonchev–Trinajstić information content (AvgIpc) is 4.14. The van der Waals surface area contributed by atoms with Crippen LogP contribution in [0.4, 0.5) is 17.1 Å². The quantitative estimate of drug-likeness (QED) is 0.154. The molecular weight excluding hydrogens is 729 g/mol. The van der Waals surface area contributed by atoms with Crippen molar-refractivity contribution in [2.45, 2.75) is 151 Å². The maximum absolute atomic E-state index is 11.1. The summed E-state index contributed by atoms with van der Waals surface area (Å²) >= 11 is 0. The molecule has 17 rings (SSSR count). The Hall–Kier alpha value is -5.32. The van der Waals surface area contributed by atoms with Gasteiger partial charge in [0, 0.05) is 32.4 Å². The second kappa shape index (κ2) is 11.7. The van der Waals surface area contributed by atoms with Crippen LogP contribution < -0.4 is 4.90 Å². The number of hydrogen-bond acceptors (Lipinski definition) is 3. The molecular formula is C56H52N4. The van der Waals surface area contributed by atoms with Gasteiger partial charge in [-0.2, -0.15) is 10.5 Å². The predicted octanol–water partition coefficient (Wildman–Crippen LogP) is 14.9. The summed E-state index contributed by atoms with van der Waals surface area (Å²) in [4.78, 5) is 2.78. The van der Waals surface area contributed by atoms with E-state index in [1.807, 2.05) is 13.8 Å². The van der Waals surface area contributed by atoms with E-state index in [0.29, 0.717) is 23.7 Å². The maximum Gasteiger partial charge on any atom is 0.0995 e. The molecule has 8 aliphatic carbocycles. The molecule has 2 spiro atoms. The zero-order valence-electron chi connectivity index (χ0n) is 35.2. The summed E-state index contributed by atoms with van der Waals surface area (Å²) in [6, 6.07) is 29.4. The first-order chi connectivity index (χ1) is 29.7. The molecule has 0 atom stereocenters. The fourth-order valence-electron chi connectivity index (χ4n) is 16.3. The van der Waals surface area contributed by atoms with E-state index in [2.05, 4.69) is 82.1 Å². The average molecular weight is 781 g/mol. The topological polar surface area (TPSA) is 55.2 Å². The summed E-state index contributed by atoms with van der Waals surface area (Å²) in [6.07, 6.45) is 19.4. The molecule has 4 saturated carbocycles. The standard InChI is InChI=1S/C54H46N4.C2H6/c55-27-33-25-39-45(43-31-17-13-29(14-18-31)41(33)43)47-49-52-50(48-46-40(58(39)51(47)48)26-34(28-56)42-30-15-19-32(20-16-30)44(42)46)54(23-7-8-24-54)36-10-2-4-12-38(36)57(52)37-11-3-1-9-35(37)53(49)21-5-6-22-53;1-2/h1-4,9-12,25-26,29-32H,5-8,13-24H2;1-2H3. The third-order valence-electron chi connectivity index (χ3n) is 18.2. The van der Waals surface area contributed by atoms with E-state index in [0.717, 1.165) is 11.1 Å². The van der Waals surface area contributed by atoms with Crippen LogP contribution in [0.3, 0.4) is 0 Å². The lowest BCUT2D eigenvalue weighted by Gasteiger charge is -2.52. The van der Waals surface area contributed by atoms with Gasteiger partial charge < -0.3 is 9.30 Å². The Balaban J connectivity index is 0.00000175. The van der Waals surface area contributed by atoms with Crippen LogP contribution in [0.25, 0.3) is 38.1 Å². The van der Waals surface area contributed by atoms with Crippen LogP contribution in [-0.2, 0) is 10.8 Å². The molecule has 4 nitrogen and oxygen atoms in total. The van der Waals surface area contributed by atoms with Crippen molar-refractivity contribution in [1.82, 2.24) is 4.40 Å². The zero-order chi connectivity index (χ0) is 39.8. The lowest BCUT2D eigenvalue weighted by molar-refractivity contribution is 0.360. The molecule has 0 radical (unpaired) electrons. The first-order valence-electron chi connectivity index (χ1n) is 23.9. The Morgan fingerprint density at radius 2 is 0.900 bits per heavy atom. The van der Waals surface area contributed by atoms with Crippen molar-refractivity contribution < 1.29 is 0 Å². The minimum atomic E-state index is -0.0829. The molecule has 7 aromatic rings. The molecule has 5 aromatic carbocycles. The number of para-hydroxylation sites is 2. The molecule has 4 fully saturated rings. The number of fused-ring (bicyclic) bond motifs is 20. The summed E-state index contributed by atoms with van der Waals surface area (Å²) < 4.78 is 2.68. The van der Waals surface area contributed by atoms with E-state index in [1.54, 1.807) is 11.1 Å². The Morgan fingerprint density at radius 1 is 0.517 bits per heavy atom. The van der Waals surface area contributed by atoms with Crippen molar-refractivity contribution in [3.05, 3.63) is 116 Å². The first kappa shape index (κ1) is 34.4. The van der Waals surface area contributed by atoms with E-state index in [-0.39, 0.29) is 10.8 Å². The number of nitrogens with zero attached hydrogens (tertiary/aromatic N) is 4. The molecule has 4 heteroatoms. The SMILES string of the molecule is CC.N#Cc1cc2c(c3c1C1CCC3CC1)c1c3c4c(c5c6c7c(c(C#N)cc6n2c15)C1CCC7CC1)C1(CCCC1)c1ccccc1N4c1ccccc1C31CCCC1. The van der Waals surface area contributed by atoms with Crippen LogP contribution in [0.15, 0.2) is 60.7 Å². The van der Waals surface area contributed by atoms with Gasteiger partial charge in [0.1, 0.15) is 0 Å². The third kappa shape index (κ3) is 3.71. The van der Waals surface area contributed by atoms with Crippen molar-refractivity contribution in [3.8, 4) is 12.1 Å². The number of benzene rings is 5. The molecule has 0 N–H and O–H groups in total. The van der Waals surface area contributed by atoms with Crippen LogP contribution in [0.1, 0.15) is 196 Å². The van der Waals surface area contributed by atoms with Crippen LogP contribution in [0.2, 0.25) is 0 Å². The molecule has 4 heterocycles. The van der Waals surface area contributed by atoms with Crippen LogP contribution in [-0.4, -0.2) is 4.40 Å². The van der Waals surface area contributed by atoms with Crippen molar-refractivity contribution >= 4 is 55.2 Å². The van der Waals surface area contributed by atoms with Gasteiger partial charge in [0.2, 0.25) is 0 Å². The molecule has 0 amide bonds. The lowest BCUT2D eigenvalue weighted by atomic mass is 9.60. The highest BCUT2D eigenvalue weighted by atomic mass is 15.2. The minimum Gasteiger partial charge on any atom is -0.309 e. The summed E-state index contributed by atoms with van der Waals surface area (Å²) in [7, 11) is 0. The molecule has 2 aromatic heterocycles. The Morgan fingerprint density at radius 3 is 1.30 bits per heavy atom. The summed E-state index contributed by atoms with van der Waals surface area (Å²) in [6.45, 7) is 4.00. The van der Waals surface area contributed by atoms with Gasteiger partial charge in [-0.15, -0.1) is 0 Å². The van der Waals surface area contributed by atoms with Crippen LogP contribution in [0, 0.1) is 22.7 Å². The van der Waals surface area contributed by atoms with E-state index < -0.39 is 0 Å². The van der Waals surface area contributed by atoms with Crippen molar-refractivity contribution in [2.24, 2.45) is 0 Å². The van der Waals surface area contributed by atoms with Gasteiger partial charge in [-0.25, -0.2) is 0 Å². The van der Waals surface area contributed by atoms with E-state index in [9.17, 15) is 10.5 Å². The number of hydrogen-bond donors (Lipinski definition) is 0. The van der Waals surface area contributed by atoms with Crippen LogP contribution >= 0.6 is 0 Å². The fourth-order valence-corrected chi connectivity index (χ4v) is 16.3. The predicted molar refractivity (Wildman–Crippen MR) is 243 cm³/mol. The second-order valence-corrected chi connectivity index (χ2v) is 20.1. The molecule has 60 heavy (non-hydrogen) atoms. The second-order valence-electron chi connectivity index (χ2n) is 20.1. The zero-order valence-corrected chi connectivity index (χ0v) is 35.2. The van der Waals surface area contributed by atoms with Gasteiger partial charge in [-0.3, -0.25) is 0 Å². The lowest BCUT2D eigenvalue weighted by Crippen LogP contribution is -2.40. The van der Waals surface area contributed by atoms with Crippen molar-refractivity contribution in [1.29, 1.82) is 10.5 Å². The normalized spacial score (nSPS) is 25.3. The highest BCUT2D eigenvalue weighted by Gasteiger charge is 2.56. The molecule has 0 unspecified atom stereocenters. The summed E-state index contributed by atoms with van der Waals surface area (Å²) in [5, 5.41) is 28.1. The van der Waals surface area contributed by atoms with Gasteiger partial charge in [0.05, 0.1) is 56.9 Å². The highest BCUT2D eigenvalue weighted by Crippen LogP contribution is 2.71. The Labute approximate surface area is 353 Å². The molecule has 0 saturated heterocycles. The van der Waals surface area contributed by atoms with Gasteiger partial charge >= 0.3 is 0 Å². The van der Waals surface area contributed by atoms with Gasteiger partial charge in [0.25, 0.3) is 0 Å². The number of rotatable bonds is 0. The van der Waals surface area contributed by atoms with Gasteiger partial charge in [-0.05, 0) is 169 Å². The Bertz CT molecular complexity index is 2930. The maximum atomic E-state index is 11.1. The molecule has 296 valence electrons. The fraction of sp³-hybridized carbons (Fsp3) is 0.429. The number of anilines is 3. The highest BCUT2D eigenvalue weighted by molar-refractivity contribution is 6.30. The first-order valence-corrected chi connectivity index (χ1v) is 23.9. The van der Waals surface area contributed by atoms with Crippen molar-refractivity contribution in [3.63, 3.8) is 0 Å². The Kier molecular flexibility index (Phi) is 6.73. The smallest absolute Gasteiger partial charge is 0.0995 e. The third-order valence-corrected chi connectivity index (χ3v) is 18.2. The molecule has 4 bridgehead atoms. The molecule has 10 aliphatic rings. The van der Waals surface area contributed by atoms with Crippen molar-refractivity contribution in [2.75, 3.05) is 4.90 Å². The largest absolute Gasteiger partial charge is 0.309 e. The summed E-state index contributed by atoms with van der Waals surface area (Å²) in [5.41, 5.74) is 21.9. The van der Waals surface area contributed by atoms with Gasteiger partial charge in [-0.1, -0.05) is 75.9 Å². The summed E-state index contributed by atoms with van der Waals surface area (Å²) in [5.74, 6) is 1.92. The molecule has 2 aliphatic heterocycles. The van der Waals surface area contributed by atoms with Crippen LogP contribution in [0.5, 0.6) is 0 Å². The van der Waals surface area contributed by atoms with E-state index >= 15 is 0 Å². The number of aromatic nitrogens is 1. The van der Waals surface area contributed by atoms with E-state index in [4.69, 9.17) is 0 Å². The van der Waals surface area contributed by atoms with Gasteiger partial charge in [0.15, 0.2) is 0 Å². The monoisotopic (exact) mass is 780 g/mol. The number of nitriles is 2. The van der Waals surface area contributed by atoms with E-state index in [1.165, 1.54) is 191 Å².